The van der Waals surface area contributed by atoms with Crippen molar-refractivity contribution in [2.75, 3.05) is 13.2 Å². The molecule has 0 aromatic heterocycles. The highest BCUT2D eigenvalue weighted by atomic mass is 16.5. The largest absolute Gasteiger partial charge is 0.494 e. The summed E-state index contributed by atoms with van der Waals surface area (Å²) < 4.78 is 11.5. The minimum Gasteiger partial charge on any atom is -0.494 e. The molecule has 130 valence electrons. The Labute approximate surface area is 146 Å². The van der Waals surface area contributed by atoms with E-state index in [0.717, 1.165) is 31.1 Å². The van der Waals surface area contributed by atoms with E-state index < -0.39 is 0 Å². The van der Waals surface area contributed by atoms with E-state index in [-0.39, 0.29) is 0 Å². The molecule has 0 heterocycles. The highest BCUT2D eigenvalue weighted by Gasteiger charge is 1.98. The molecule has 0 saturated heterocycles. The third kappa shape index (κ3) is 7.51. The molecule has 0 aliphatic rings. The fourth-order valence-corrected chi connectivity index (χ4v) is 2.36. The Morgan fingerprint density at radius 3 is 2.12 bits per heavy atom. The maximum atomic E-state index is 5.78. The van der Waals surface area contributed by atoms with Crippen molar-refractivity contribution >= 4 is 0 Å². The van der Waals surface area contributed by atoms with Crippen LogP contribution in [-0.2, 0) is 6.61 Å². The molecule has 0 fully saturated rings. The molecule has 2 aromatic rings. The summed E-state index contributed by atoms with van der Waals surface area (Å²) in [5.74, 6) is 1.77. The van der Waals surface area contributed by atoms with Crippen molar-refractivity contribution < 1.29 is 9.47 Å². The molecular formula is C21H29NO2. The van der Waals surface area contributed by atoms with Crippen LogP contribution in [0.15, 0.2) is 54.6 Å². The van der Waals surface area contributed by atoms with Gasteiger partial charge in [0.2, 0.25) is 0 Å². The summed E-state index contributed by atoms with van der Waals surface area (Å²) in [7, 11) is 0. The second-order valence-electron chi connectivity index (χ2n) is 6.26. The van der Waals surface area contributed by atoms with Crippen molar-refractivity contribution in [3.8, 4) is 11.5 Å². The molecule has 0 unspecified atom stereocenters. The molecule has 0 aliphatic carbocycles. The minimum absolute atomic E-state index is 0.573. The van der Waals surface area contributed by atoms with Gasteiger partial charge in [-0.1, -0.05) is 44.2 Å². The molecule has 0 saturated carbocycles. The first-order valence-corrected chi connectivity index (χ1v) is 8.87. The van der Waals surface area contributed by atoms with Gasteiger partial charge >= 0.3 is 0 Å². The lowest BCUT2D eigenvalue weighted by molar-refractivity contribution is 0.297. The summed E-state index contributed by atoms with van der Waals surface area (Å²) >= 11 is 0. The standard InChI is InChI=1S/C21H29NO2/c1-18(2)22-15-7-4-8-16-23-20-11-13-21(14-12-20)24-17-19-9-5-3-6-10-19/h3,5-6,9-14,18,22H,4,7-8,15-17H2,1-2H3. The summed E-state index contributed by atoms with van der Waals surface area (Å²) in [4.78, 5) is 0. The van der Waals surface area contributed by atoms with Gasteiger partial charge < -0.3 is 14.8 Å². The lowest BCUT2D eigenvalue weighted by atomic mass is 10.2. The lowest BCUT2D eigenvalue weighted by Gasteiger charge is -2.10. The smallest absolute Gasteiger partial charge is 0.120 e. The van der Waals surface area contributed by atoms with Gasteiger partial charge in [-0.15, -0.1) is 0 Å². The molecule has 0 aliphatic heterocycles. The fraction of sp³-hybridized carbons (Fsp3) is 0.429. The second-order valence-corrected chi connectivity index (χ2v) is 6.26. The zero-order chi connectivity index (χ0) is 17.0. The predicted molar refractivity (Wildman–Crippen MR) is 99.7 cm³/mol. The van der Waals surface area contributed by atoms with Crippen LogP contribution in [0.4, 0.5) is 0 Å². The summed E-state index contributed by atoms with van der Waals surface area (Å²) in [5.41, 5.74) is 1.17. The molecule has 3 heteroatoms. The predicted octanol–water partition coefficient (Wildman–Crippen LogP) is 4.81. The molecule has 0 atom stereocenters. The van der Waals surface area contributed by atoms with Crippen molar-refractivity contribution in [1.29, 1.82) is 0 Å². The molecule has 0 amide bonds. The number of benzene rings is 2. The van der Waals surface area contributed by atoms with E-state index in [0.29, 0.717) is 12.6 Å². The van der Waals surface area contributed by atoms with E-state index in [1.807, 2.05) is 42.5 Å². The third-order valence-corrected chi connectivity index (χ3v) is 3.71. The Balaban J connectivity index is 1.60. The average molecular weight is 327 g/mol. The van der Waals surface area contributed by atoms with E-state index in [4.69, 9.17) is 9.47 Å². The first-order valence-electron chi connectivity index (χ1n) is 8.87. The van der Waals surface area contributed by atoms with Crippen LogP contribution >= 0.6 is 0 Å². The second kappa shape index (κ2) is 10.7. The van der Waals surface area contributed by atoms with Crippen LogP contribution in [0.5, 0.6) is 11.5 Å². The van der Waals surface area contributed by atoms with E-state index in [1.165, 1.54) is 18.4 Å². The Morgan fingerprint density at radius 1 is 0.792 bits per heavy atom. The highest BCUT2D eigenvalue weighted by Crippen LogP contribution is 2.19. The van der Waals surface area contributed by atoms with Crippen molar-refractivity contribution in [1.82, 2.24) is 5.32 Å². The summed E-state index contributed by atoms with van der Waals surface area (Å²) in [6, 6.07) is 18.6. The molecule has 0 spiro atoms. The minimum atomic E-state index is 0.573. The number of unbranched alkanes of at least 4 members (excludes halogenated alkanes) is 2. The summed E-state index contributed by atoms with van der Waals surface area (Å²) in [6.45, 7) is 6.80. The van der Waals surface area contributed by atoms with Gasteiger partial charge in [0.25, 0.3) is 0 Å². The number of hydrogen-bond donors (Lipinski definition) is 1. The number of rotatable bonds is 11. The molecule has 0 bridgehead atoms. The van der Waals surface area contributed by atoms with Crippen LogP contribution in [0.25, 0.3) is 0 Å². The van der Waals surface area contributed by atoms with Crippen molar-refractivity contribution in [2.24, 2.45) is 0 Å². The van der Waals surface area contributed by atoms with Crippen LogP contribution in [0.3, 0.4) is 0 Å². The number of ether oxygens (including phenoxy) is 2. The number of hydrogen-bond acceptors (Lipinski definition) is 3. The van der Waals surface area contributed by atoms with E-state index in [9.17, 15) is 0 Å². The van der Waals surface area contributed by atoms with Gasteiger partial charge in [-0.25, -0.2) is 0 Å². The van der Waals surface area contributed by atoms with Crippen LogP contribution < -0.4 is 14.8 Å². The topological polar surface area (TPSA) is 30.5 Å². The normalized spacial score (nSPS) is 10.8. The first kappa shape index (κ1) is 18.3. The fourth-order valence-electron chi connectivity index (χ4n) is 2.36. The van der Waals surface area contributed by atoms with Crippen LogP contribution in [0.1, 0.15) is 38.7 Å². The van der Waals surface area contributed by atoms with Crippen molar-refractivity contribution in [2.45, 2.75) is 45.8 Å². The monoisotopic (exact) mass is 327 g/mol. The molecular weight excluding hydrogens is 298 g/mol. The van der Waals surface area contributed by atoms with E-state index in [1.54, 1.807) is 0 Å². The molecule has 3 nitrogen and oxygen atoms in total. The van der Waals surface area contributed by atoms with Gasteiger partial charge in [0, 0.05) is 6.04 Å². The Morgan fingerprint density at radius 2 is 1.46 bits per heavy atom. The summed E-state index contributed by atoms with van der Waals surface area (Å²) in [5, 5.41) is 3.43. The van der Waals surface area contributed by atoms with E-state index >= 15 is 0 Å². The van der Waals surface area contributed by atoms with E-state index in [2.05, 4.69) is 31.3 Å². The lowest BCUT2D eigenvalue weighted by Crippen LogP contribution is -2.23. The number of nitrogens with one attached hydrogen (secondary N) is 1. The zero-order valence-corrected chi connectivity index (χ0v) is 14.8. The van der Waals surface area contributed by atoms with Gasteiger partial charge in [-0.3, -0.25) is 0 Å². The first-order chi connectivity index (χ1) is 11.7. The molecule has 0 radical (unpaired) electrons. The van der Waals surface area contributed by atoms with Gasteiger partial charge in [0.1, 0.15) is 18.1 Å². The Bertz CT molecular complexity index is 552. The molecule has 2 rings (SSSR count). The molecule has 24 heavy (non-hydrogen) atoms. The van der Waals surface area contributed by atoms with Crippen molar-refractivity contribution in [3.05, 3.63) is 60.2 Å². The maximum absolute atomic E-state index is 5.78. The SMILES string of the molecule is CC(C)NCCCCCOc1ccc(OCc2ccccc2)cc1. The van der Waals surface area contributed by atoms with Gasteiger partial charge in [0.05, 0.1) is 6.61 Å². The Kier molecular flexibility index (Phi) is 8.19. The van der Waals surface area contributed by atoms with Crippen LogP contribution in [0.2, 0.25) is 0 Å². The van der Waals surface area contributed by atoms with Crippen molar-refractivity contribution in [3.63, 3.8) is 0 Å². The molecule has 2 aromatic carbocycles. The quantitative estimate of drug-likeness (QED) is 0.601. The third-order valence-electron chi connectivity index (χ3n) is 3.71. The Hall–Kier alpha value is -2.00. The summed E-state index contributed by atoms with van der Waals surface area (Å²) in [6.07, 6.45) is 3.48. The maximum Gasteiger partial charge on any atom is 0.120 e. The van der Waals surface area contributed by atoms with Gasteiger partial charge in [0.15, 0.2) is 0 Å². The average Bonchev–Trinajstić information content (AvgIpc) is 2.61. The van der Waals surface area contributed by atoms with Gasteiger partial charge in [-0.05, 0) is 55.6 Å². The van der Waals surface area contributed by atoms with Crippen LogP contribution in [0, 0.1) is 0 Å². The van der Waals surface area contributed by atoms with Crippen LogP contribution in [-0.4, -0.2) is 19.2 Å². The molecule has 1 N–H and O–H groups in total. The zero-order valence-electron chi connectivity index (χ0n) is 14.8. The van der Waals surface area contributed by atoms with Gasteiger partial charge in [-0.2, -0.15) is 0 Å². The highest BCUT2D eigenvalue weighted by molar-refractivity contribution is 5.31.